The van der Waals surface area contributed by atoms with Gasteiger partial charge in [-0.05, 0) is 37.3 Å². The van der Waals surface area contributed by atoms with Gasteiger partial charge in [0, 0.05) is 0 Å². The fraction of sp³-hybridized carbons (Fsp3) is 0.136. The van der Waals surface area contributed by atoms with Gasteiger partial charge in [-0.3, -0.25) is 0 Å². The number of para-hydroxylation sites is 1. The maximum Gasteiger partial charge on any atom is 0.337 e. The molecule has 4 rings (SSSR count). The number of rotatable bonds is 7. The molecule has 0 saturated carbocycles. The molecule has 0 unspecified atom stereocenters. The highest BCUT2D eigenvalue weighted by Crippen LogP contribution is 2.39. The Kier molecular flexibility index (Phi) is 6.02. The van der Waals surface area contributed by atoms with Gasteiger partial charge in [-0.2, -0.15) is 5.10 Å². The first-order chi connectivity index (χ1) is 15.4. The number of carboxylic acids is 1. The van der Waals surface area contributed by atoms with Gasteiger partial charge >= 0.3 is 5.97 Å². The highest BCUT2D eigenvalue weighted by Gasteiger charge is 2.24. The number of benzene rings is 2. The van der Waals surface area contributed by atoms with Crippen LogP contribution in [0.3, 0.4) is 0 Å². The molecule has 0 aliphatic carbocycles. The lowest BCUT2D eigenvalue weighted by atomic mass is 10.1. The van der Waals surface area contributed by atoms with E-state index in [1.54, 1.807) is 35.4 Å². The van der Waals surface area contributed by atoms with Gasteiger partial charge in [-0.15, -0.1) is 11.3 Å². The lowest BCUT2D eigenvalue weighted by Crippen LogP contribution is -2.08. The predicted octanol–water partition coefficient (Wildman–Crippen LogP) is 5.42. The molecule has 10 heteroatoms. The Morgan fingerprint density at radius 2 is 1.97 bits per heavy atom. The van der Waals surface area contributed by atoms with Gasteiger partial charge in [0.15, 0.2) is 0 Å². The quantitative estimate of drug-likeness (QED) is 0.372. The van der Waals surface area contributed by atoms with Crippen LogP contribution in [-0.4, -0.2) is 40.1 Å². The van der Waals surface area contributed by atoms with Gasteiger partial charge in [0.25, 0.3) is 0 Å². The second kappa shape index (κ2) is 8.89. The van der Waals surface area contributed by atoms with Gasteiger partial charge < -0.3 is 19.9 Å². The second-order valence-corrected chi connectivity index (χ2v) is 7.97. The highest BCUT2D eigenvalue weighted by molar-refractivity contribution is 7.13. The van der Waals surface area contributed by atoms with E-state index in [1.807, 2.05) is 25.1 Å². The van der Waals surface area contributed by atoms with Crippen molar-refractivity contribution in [3.63, 3.8) is 0 Å². The van der Waals surface area contributed by atoms with Crippen molar-refractivity contribution >= 4 is 40.4 Å². The molecule has 0 fully saturated rings. The summed E-state index contributed by atoms with van der Waals surface area (Å²) in [5, 5.41) is 20.6. The number of nitrogens with one attached hydrogen (secondary N) is 1. The molecule has 164 valence electrons. The number of ether oxygens (including phenoxy) is 2. The molecule has 2 aromatic carbocycles. The Morgan fingerprint density at radius 3 is 2.62 bits per heavy atom. The topological polar surface area (TPSA) is 98.5 Å². The number of thiazole rings is 1. The zero-order valence-corrected chi connectivity index (χ0v) is 19.0. The zero-order chi connectivity index (χ0) is 22.8. The first-order valence-corrected chi connectivity index (χ1v) is 10.7. The summed E-state index contributed by atoms with van der Waals surface area (Å²) in [6, 6.07) is 12.1. The molecule has 0 spiro atoms. The smallest absolute Gasteiger partial charge is 0.337 e. The number of methoxy groups -OCH3 is 2. The van der Waals surface area contributed by atoms with Crippen molar-refractivity contribution in [3.05, 3.63) is 64.1 Å². The number of anilines is 2. The Bertz CT molecular complexity index is 1300. The summed E-state index contributed by atoms with van der Waals surface area (Å²) in [5.41, 5.74) is 2.47. The van der Waals surface area contributed by atoms with Gasteiger partial charge in [0.05, 0.1) is 52.8 Å². The summed E-state index contributed by atoms with van der Waals surface area (Å²) in [6.07, 6.45) is 0. The Labute approximate surface area is 193 Å². The average Bonchev–Trinajstić information content (AvgIpc) is 3.38. The molecule has 4 aromatic rings. The molecule has 2 heterocycles. The van der Waals surface area contributed by atoms with Crippen molar-refractivity contribution in [1.29, 1.82) is 0 Å². The molecule has 0 bridgehead atoms. The van der Waals surface area contributed by atoms with E-state index in [-0.39, 0.29) is 5.56 Å². The van der Waals surface area contributed by atoms with Crippen LogP contribution >= 0.6 is 22.9 Å². The van der Waals surface area contributed by atoms with E-state index in [0.717, 1.165) is 0 Å². The van der Waals surface area contributed by atoms with Gasteiger partial charge in [0.2, 0.25) is 5.88 Å². The van der Waals surface area contributed by atoms with Gasteiger partial charge in [-0.25, -0.2) is 14.5 Å². The van der Waals surface area contributed by atoms with Crippen LogP contribution in [0.1, 0.15) is 16.1 Å². The van der Waals surface area contributed by atoms with Crippen LogP contribution in [0.2, 0.25) is 5.02 Å². The minimum atomic E-state index is -1.09. The second-order valence-electron chi connectivity index (χ2n) is 6.71. The number of aromatic carboxylic acids is 1. The predicted molar refractivity (Wildman–Crippen MR) is 124 cm³/mol. The first-order valence-electron chi connectivity index (χ1n) is 9.45. The number of hydrogen-bond acceptors (Lipinski definition) is 7. The largest absolute Gasteiger partial charge is 0.497 e. The summed E-state index contributed by atoms with van der Waals surface area (Å²) in [7, 11) is 3.03. The lowest BCUT2D eigenvalue weighted by Gasteiger charge is -2.15. The third-order valence-electron chi connectivity index (χ3n) is 4.76. The normalized spacial score (nSPS) is 10.8. The molecule has 0 amide bonds. The van der Waals surface area contributed by atoms with Crippen LogP contribution in [0.4, 0.5) is 11.5 Å². The van der Waals surface area contributed by atoms with E-state index in [1.165, 1.54) is 24.5 Å². The Balaban J connectivity index is 1.93. The summed E-state index contributed by atoms with van der Waals surface area (Å²) in [4.78, 5) is 16.4. The Morgan fingerprint density at radius 1 is 1.19 bits per heavy atom. The number of aromatic nitrogens is 3. The molecule has 0 aliphatic heterocycles. The number of nitrogens with zero attached hydrogens (tertiary/aromatic N) is 3. The van der Waals surface area contributed by atoms with Crippen molar-refractivity contribution in [2.24, 2.45) is 0 Å². The minimum absolute atomic E-state index is 0.0524. The van der Waals surface area contributed by atoms with Crippen molar-refractivity contribution in [3.8, 4) is 27.9 Å². The van der Waals surface area contributed by atoms with Crippen molar-refractivity contribution in [2.45, 2.75) is 6.92 Å². The minimum Gasteiger partial charge on any atom is -0.497 e. The van der Waals surface area contributed by atoms with E-state index in [2.05, 4.69) is 15.4 Å². The molecule has 32 heavy (non-hydrogen) atoms. The molecule has 8 nitrogen and oxygen atoms in total. The summed E-state index contributed by atoms with van der Waals surface area (Å²) in [6.45, 7) is 1.86. The number of aryl methyl sites for hydroxylation is 1. The molecular weight excluding hydrogens is 452 g/mol. The first kappa shape index (κ1) is 21.7. The molecule has 2 aromatic heterocycles. The summed E-state index contributed by atoms with van der Waals surface area (Å²) in [5.74, 6) is 0.356. The van der Waals surface area contributed by atoms with E-state index in [4.69, 9.17) is 21.1 Å². The van der Waals surface area contributed by atoms with Crippen LogP contribution in [-0.2, 0) is 0 Å². The maximum absolute atomic E-state index is 11.9. The highest BCUT2D eigenvalue weighted by atomic mass is 35.5. The molecule has 2 N–H and O–H groups in total. The third kappa shape index (κ3) is 4.00. The number of carboxylic acid groups (broad SMARTS) is 1. The summed E-state index contributed by atoms with van der Waals surface area (Å²) >= 11 is 7.85. The van der Waals surface area contributed by atoms with Crippen LogP contribution in [0.25, 0.3) is 16.3 Å². The van der Waals surface area contributed by atoms with Crippen molar-refractivity contribution in [1.82, 2.24) is 14.8 Å². The number of halogens is 1. The molecule has 0 radical (unpaired) electrons. The van der Waals surface area contributed by atoms with Crippen LogP contribution in [0.5, 0.6) is 11.6 Å². The monoisotopic (exact) mass is 470 g/mol. The van der Waals surface area contributed by atoms with Gasteiger partial charge in [-0.1, -0.05) is 23.7 Å². The SMILES string of the molecule is COc1ccc(Nc2c(-c3nc(OC)cs3)c(C)nn2-c2ccccc2Cl)c(C(=O)O)c1. The van der Waals surface area contributed by atoms with Crippen LogP contribution in [0.15, 0.2) is 47.8 Å². The van der Waals surface area contributed by atoms with Crippen LogP contribution < -0.4 is 14.8 Å². The van der Waals surface area contributed by atoms with Crippen molar-refractivity contribution < 1.29 is 19.4 Å². The van der Waals surface area contributed by atoms with E-state index in [0.29, 0.717) is 50.1 Å². The fourth-order valence-corrected chi connectivity index (χ4v) is 4.31. The lowest BCUT2D eigenvalue weighted by molar-refractivity contribution is 0.0697. The number of hydrogen-bond donors (Lipinski definition) is 2. The summed E-state index contributed by atoms with van der Waals surface area (Å²) < 4.78 is 12.1. The molecule has 0 atom stereocenters. The standard InChI is InChI=1S/C22H19ClN4O4S/c1-12-19(21-25-18(31-3)11-32-21)20(27(26-12)17-7-5-4-6-15(17)23)24-16-9-8-13(30-2)10-14(16)22(28)29/h4-11,24H,1-3H3,(H,28,29). The number of carbonyl (C=O) groups is 1. The van der Waals surface area contributed by atoms with E-state index in [9.17, 15) is 9.90 Å². The molecular formula is C22H19ClN4O4S. The Hall–Kier alpha value is -3.56. The molecule has 0 aliphatic rings. The average molecular weight is 471 g/mol. The fourth-order valence-electron chi connectivity index (χ4n) is 3.23. The maximum atomic E-state index is 11.9. The van der Waals surface area contributed by atoms with Crippen molar-refractivity contribution in [2.75, 3.05) is 19.5 Å². The van der Waals surface area contributed by atoms with Crippen LogP contribution in [0, 0.1) is 6.92 Å². The zero-order valence-electron chi connectivity index (χ0n) is 17.4. The van der Waals surface area contributed by atoms with Gasteiger partial charge in [0.1, 0.15) is 16.6 Å². The van der Waals surface area contributed by atoms with E-state index >= 15 is 0 Å². The molecule has 0 saturated heterocycles. The van der Waals surface area contributed by atoms with E-state index < -0.39 is 5.97 Å². The third-order valence-corrected chi connectivity index (χ3v) is 5.92.